The van der Waals surface area contributed by atoms with Gasteiger partial charge < -0.3 is 14.5 Å². The topological polar surface area (TPSA) is 58.6 Å². The van der Waals surface area contributed by atoms with Crippen molar-refractivity contribution >= 4 is 16.9 Å². The van der Waals surface area contributed by atoms with E-state index in [9.17, 15) is 4.79 Å². The Bertz CT molecular complexity index is 823. The van der Waals surface area contributed by atoms with Crippen LogP contribution in [0.5, 0.6) is 0 Å². The van der Waals surface area contributed by atoms with Gasteiger partial charge in [0, 0.05) is 38.1 Å². The van der Waals surface area contributed by atoms with Gasteiger partial charge in [0.25, 0.3) is 5.91 Å². The van der Waals surface area contributed by atoms with E-state index in [2.05, 4.69) is 28.7 Å². The predicted molar refractivity (Wildman–Crippen MR) is 109 cm³/mol. The molecule has 1 spiro atoms. The summed E-state index contributed by atoms with van der Waals surface area (Å²) in [6.45, 7) is 8.95. The summed E-state index contributed by atoms with van der Waals surface area (Å²) >= 11 is 0. The molecule has 2 saturated heterocycles. The molecule has 1 unspecified atom stereocenters. The van der Waals surface area contributed by atoms with Gasteiger partial charge in [0.2, 0.25) is 0 Å². The summed E-state index contributed by atoms with van der Waals surface area (Å²) in [5, 5.41) is 0. The quantitative estimate of drug-likeness (QED) is 0.813. The fourth-order valence-electron chi connectivity index (χ4n) is 4.85. The van der Waals surface area contributed by atoms with Gasteiger partial charge in [-0.15, -0.1) is 0 Å². The summed E-state index contributed by atoms with van der Waals surface area (Å²) in [7, 11) is 0. The first-order chi connectivity index (χ1) is 13.7. The molecule has 1 amide bonds. The Kier molecular flexibility index (Phi) is 5.60. The van der Waals surface area contributed by atoms with E-state index in [1.807, 2.05) is 23.1 Å². The second-order valence-corrected chi connectivity index (χ2v) is 7.92. The highest BCUT2D eigenvalue weighted by Crippen LogP contribution is 2.37. The average Bonchev–Trinajstić information content (AvgIpc) is 2.74. The first kappa shape index (κ1) is 19.3. The minimum Gasteiger partial charge on any atom is -0.375 e. The van der Waals surface area contributed by atoms with Crippen molar-refractivity contribution in [2.75, 3.05) is 32.8 Å². The molecule has 1 aromatic carbocycles. The molecular formula is C22H30N4O2. The van der Waals surface area contributed by atoms with Crippen LogP contribution in [0.4, 0.5) is 0 Å². The summed E-state index contributed by atoms with van der Waals surface area (Å²) in [4.78, 5) is 26.4. The zero-order chi connectivity index (χ0) is 19.6. The van der Waals surface area contributed by atoms with Gasteiger partial charge in [-0.05, 0) is 50.9 Å². The predicted octanol–water partition coefficient (Wildman–Crippen LogP) is 3.13. The van der Waals surface area contributed by atoms with E-state index in [1.54, 1.807) is 12.4 Å². The molecule has 2 fully saturated rings. The van der Waals surface area contributed by atoms with Crippen LogP contribution in [0.2, 0.25) is 0 Å². The number of amides is 1. The second kappa shape index (κ2) is 8.13. The molecule has 2 aromatic rings. The van der Waals surface area contributed by atoms with Crippen molar-refractivity contribution in [3.05, 3.63) is 36.2 Å². The van der Waals surface area contributed by atoms with Gasteiger partial charge in [0.05, 0.1) is 16.7 Å². The number of rotatable bonds is 4. The van der Waals surface area contributed by atoms with Crippen LogP contribution in [0.1, 0.15) is 49.9 Å². The third kappa shape index (κ3) is 3.63. The van der Waals surface area contributed by atoms with Crippen molar-refractivity contribution in [3.8, 4) is 0 Å². The monoisotopic (exact) mass is 382 g/mol. The van der Waals surface area contributed by atoms with Gasteiger partial charge in [-0.1, -0.05) is 19.9 Å². The van der Waals surface area contributed by atoms with Crippen molar-refractivity contribution in [1.82, 2.24) is 19.8 Å². The highest BCUT2D eigenvalue weighted by molar-refractivity contribution is 6.04. The molecule has 2 aliphatic heterocycles. The second-order valence-electron chi connectivity index (χ2n) is 7.92. The summed E-state index contributed by atoms with van der Waals surface area (Å²) in [6, 6.07) is 6.23. The lowest BCUT2D eigenvalue weighted by molar-refractivity contribution is -0.129. The van der Waals surface area contributed by atoms with Crippen LogP contribution < -0.4 is 0 Å². The molecule has 3 heterocycles. The van der Waals surface area contributed by atoms with E-state index in [-0.39, 0.29) is 11.5 Å². The number of hydrogen-bond acceptors (Lipinski definition) is 5. The third-order valence-electron chi connectivity index (χ3n) is 6.49. The Morgan fingerprint density at radius 3 is 2.71 bits per heavy atom. The normalized spacial score (nSPS) is 22.1. The van der Waals surface area contributed by atoms with Gasteiger partial charge >= 0.3 is 0 Å². The molecule has 4 rings (SSSR count). The molecule has 0 saturated carbocycles. The number of fused-ring (bicyclic) bond motifs is 1. The zero-order valence-electron chi connectivity index (χ0n) is 16.9. The number of para-hydroxylation sites is 1. The number of carbonyl (C=O) groups excluding carboxylic acids is 1. The van der Waals surface area contributed by atoms with Crippen molar-refractivity contribution in [1.29, 1.82) is 0 Å². The Balaban J connectivity index is 1.46. The molecule has 1 aromatic heterocycles. The largest absolute Gasteiger partial charge is 0.375 e. The molecule has 0 radical (unpaired) electrons. The molecule has 0 N–H and O–H groups in total. The summed E-state index contributed by atoms with van der Waals surface area (Å²) in [6.07, 6.45) is 7.32. The Hall–Kier alpha value is -2.05. The first-order valence-corrected chi connectivity index (χ1v) is 10.5. The number of benzene rings is 1. The number of carbonyl (C=O) groups is 1. The molecule has 1 atom stereocenters. The van der Waals surface area contributed by atoms with Crippen LogP contribution in [-0.2, 0) is 4.74 Å². The number of piperidine rings is 1. The number of hydrogen-bond donors (Lipinski definition) is 0. The van der Waals surface area contributed by atoms with Gasteiger partial charge in [0.1, 0.15) is 5.52 Å². The van der Waals surface area contributed by atoms with E-state index in [0.717, 1.165) is 64.0 Å². The molecule has 6 nitrogen and oxygen atoms in total. The maximum atomic E-state index is 13.2. The molecule has 0 bridgehead atoms. The van der Waals surface area contributed by atoms with Gasteiger partial charge in [-0.2, -0.15) is 0 Å². The van der Waals surface area contributed by atoms with Crippen molar-refractivity contribution in [3.63, 3.8) is 0 Å². The number of aromatic nitrogens is 2. The van der Waals surface area contributed by atoms with Crippen LogP contribution >= 0.6 is 0 Å². The van der Waals surface area contributed by atoms with Gasteiger partial charge in [0.15, 0.2) is 0 Å². The minimum atomic E-state index is -0.0686. The summed E-state index contributed by atoms with van der Waals surface area (Å²) < 4.78 is 6.29. The van der Waals surface area contributed by atoms with Crippen LogP contribution in [0.25, 0.3) is 11.0 Å². The van der Waals surface area contributed by atoms with Crippen molar-refractivity contribution in [2.45, 2.75) is 51.2 Å². The van der Waals surface area contributed by atoms with Crippen molar-refractivity contribution in [2.24, 2.45) is 0 Å². The Morgan fingerprint density at radius 1 is 1.21 bits per heavy atom. The Labute approximate surface area is 166 Å². The smallest absolute Gasteiger partial charge is 0.256 e. The fraction of sp³-hybridized carbons (Fsp3) is 0.591. The third-order valence-corrected chi connectivity index (χ3v) is 6.49. The first-order valence-electron chi connectivity index (χ1n) is 10.5. The van der Waals surface area contributed by atoms with Gasteiger partial charge in [-0.3, -0.25) is 14.8 Å². The average molecular weight is 383 g/mol. The van der Waals surface area contributed by atoms with Crippen LogP contribution in [0.3, 0.4) is 0 Å². The highest BCUT2D eigenvalue weighted by Gasteiger charge is 2.42. The molecule has 0 aliphatic carbocycles. The van der Waals surface area contributed by atoms with E-state index in [1.165, 1.54) is 0 Å². The molecule has 2 aliphatic rings. The number of nitrogens with zero attached hydrogens (tertiary/aromatic N) is 4. The Morgan fingerprint density at radius 2 is 1.96 bits per heavy atom. The van der Waals surface area contributed by atoms with Crippen LogP contribution in [0.15, 0.2) is 30.6 Å². The van der Waals surface area contributed by atoms with Crippen molar-refractivity contribution < 1.29 is 9.53 Å². The number of ether oxygens (including phenoxy) is 1. The molecular weight excluding hydrogens is 352 g/mol. The minimum absolute atomic E-state index is 0.0528. The lowest BCUT2D eigenvalue weighted by atomic mass is 9.81. The highest BCUT2D eigenvalue weighted by atomic mass is 16.5. The van der Waals surface area contributed by atoms with Crippen LogP contribution in [0, 0.1) is 0 Å². The standard InChI is InChI=1S/C22H30N4O2/c1-3-25(4-2)17-8-15-28-22(16-17)9-13-26(14-10-22)21(27)18-6-5-7-19-20(18)24-12-11-23-19/h5-7,11-12,17H,3-4,8-10,13-16H2,1-2H3. The molecule has 28 heavy (non-hydrogen) atoms. The SMILES string of the molecule is CCN(CC)C1CCOC2(CCN(C(=O)c3cccc4nccnc34)CC2)C1. The molecule has 150 valence electrons. The lowest BCUT2D eigenvalue weighted by Crippen LogP contribution is -2.54. The van der Waals surface area contributed by atoms with Gasteiger partial charge in [-0.25, -0.2) is 0 Å². The number of likely N-dealkylation sites (tertiary alicyclic amines) is 1. The summed E-state index contributed by atoms with van der Waals surface area (Å²) in [5.41, 5.74) is 2.03. The summed E-state index contributed by atoms with van der Waals surface area (Å²) in [5.74, 6) is 0.0528. The van der Waals surface area contributed by atoms with E-state index >= 15 is 0 Å². The maximum absolute atomic E-state index is 13.2. The van der Waals surface area contributed by atoms with Crippen LogP contribution in [-0.4, -0.2) is 70.1 Å². The fourth-order valence-corrected chi connectivity index (χ4v) is 4.85. The van der Waals surface area contributed by atoms with E-state index in [0.29, 0.717) is 17.1 Å². The lowest BCUT2D eigenvalue weighted by Gasteiger charge is -2.48. The zero-order valence-corrected chi connectivity index (χ0v) is 16.9. The molecule has 6 heteroatoms. The maximum Gasteiger partial charge on any atom is 0.256 e. The van der Waals surface area contributed by atoms with E-state index < -0.39 is 0 Å². The van der Waals surface area contributed by atoms with E-state index in [4.69, 9.17) is 4.74 Å².